The Hall–Kier alpha value is -4.82. The summed E-state index contributed by atoms with van der Waals surface area (Å²) in [5.41, 5.74) is 6.27. The van der Waals surface area contributed by atoms with E-state index in [9.17, 15) is 10.2 Å². The highest BCUT2D eigenvalue weighted by molar-refractivity contribution is 5.69. The molecule has 1 aliphatic carbocycles. The fourth-order valence-electron chi connectivity index (χ4n) is 5.15. The quantitative estimate of drug-likeness (QED) is 0.184. The van der Waals surface area contributed by atoms with E-state index in [0.717, 1.165) is 27.8 Å². The molecule has 0 saturated carbocycles. The van der Waals surface area contributed by atoms with Crippen LogP contribution in [0.4, 0.5) is 0 Å². The summed E-state index contributed by atoms with van der Waals surface area (Å²) in [6.45, 7) is 5.91. The Morgan fingerprint density at radius 1 is 0.744 bits per heavy atom. The zero-order valence-electron chi connectivity index (χ0n) is 22.0. The molecule has 1 unspecified atom stereocenters. The van der Waals surface area contributed by atoms with E-state index in [2.05, 4.69) is 80.3 Å². The molecule has 1 atom stereocenters. The first kappa shape index (κ1) is 25.8. The molecule has 4 aromatic carbocycles. The van der Waals surface area contributed by atoms with E-state index in [-0.39, 0.29) is 16.9 Å². The van der Waals surface area contributed by atoms with Gasteiger partial charge in [-0.05, 0) is 52.9 Å². The number of allylic oxidation sites excluding steroid dienone is 8. The van der Waals surface area contributed by atoms with Crippen LogP contribution in [-0.4, -0.2) is 10.2 Å². The minimum atomic E-state index is -0.436. The fraction of sp³-hybridized carbons (Fsp3) is 0.0811. The molecule has 0 fully saturated rings. The molecule has 2 heteroatoms. The second kappa shape index (κ2) is 11.3. The van der Waals surface area contributed by atoms with Gasteiger partial charge in [-0.1, -0.05) is 134 Å². The van der Waals surface area contributed by atoms with Crippen LogP contribution in [0.2, 0.25) is 0 Å². The highest BCUT2D eigenvalue weighted by atomic mass is 16.3. The molecule has 0 aromatic heterocycles. The summed E-state index contributed by atoms with van der Waals surface area (Å²) in [7, 11) is 0. The first-order valence-corrected chi connectivity index (χ1v) is 13.1. The van der Waals surface area contributed by atoms with Crippen molar-refractivity contribution in [1.29, 1.82) is 0 Å². The van der Waals surface area contributed by atoms with E-state index < -0.39 is 5.92 Å². The minimum Gasteiger partial charge on any atom is -0.508 e. The maximum absolute atomic E-state index is 11.4. The van der Waals surface area contributed by atoms with Gasteiger partial charge in [0.25, 0.3) is 0 Å². The lowest BCUT2D eigenvalue weighted by Crippen LogP contribution is -2.13. The van der Waals surface area contributed by atoms with Gasteiger partial charge in [0.2, 0.25) is 0 Å². The highest BCUT2D eigenvalue weighted by Gasteiger charge is 2.28. The summed E-state index contributed by atoms with van der Waals surface area (Å²) >= 11 is 0. The smallest absolute Gasteiger partial charge is 0.119 e. The summed E-state index contributed by atoms with van der Waals surface area (Å²) in [6.07, 6.45) is 13.5. The number of aliphatic hydroxyl groups excluding tert-OH is 1. The highest BCUT2D eigenvalue weighted by Crippen LogP contribution is 2.44. The molecule has 5 rings (SSSR count). The van der Waals surface area contributed by atoms with Crippen LogP contribution in [0.3, 0.4) is 0 Å². The number of hydrogen-bond acceptors (Lipinski definition) is 2. The number of aliphatic hydroxyl groups is 1. The molecule has 1 aliphatic rings. The summed E-state index contributed by atoms with van der Waals surface area (Å²) < 4.78 is 0. The van der Waals surface area contributed by atoms with E-state index in [0.29, 0.717) is 11.1 Å². The molecule has 0 bridgehead atoms. The van der Waals surface area contributed by atoms with Crippen LogP contribution in [0.15, 0.2) is 164 Å². The predicted molar refractivity (Wildman–Crippen MR) is 163 cm³/mol. The van der Waals surface area contributed by atoms with Gasteiger partial charge < -0.3 is 10.2 Å². The molecular formula is C37H32O2. The Labute approximate surface area is 230 Å². The van der Waals surface area contributed by atoms with Crippen molar-refractivity contribution in [2.75, 3.05) is 0 Å². The van der Waals surface area contributed by atoms with Gasteiger partial charge in [-0.15, -0.1) is 0 Å². The Kier molecular flexibility index (Phi) is 7.47. The van der Waals surface area contributed by atoms with E-state index in [1.165, 1.54) is 0 Å². The van der Waals surface area contributed by atoms with Gasteiger partial charge in [-0.2, -0.15) is 0 Å². The lowest BCUT2D eigenvalue weighted by atomic mass is 9.78. The maximum Gasteiger partial charge on any atom is 0.119 e. The SMILES string of the molecule is C=C/C=C(O)\C(=C/C1(C)C=CC=C1)C(c1ccc(-c2ccccc2)cc1)c1cc(-c2ccccc2)ccc1O. The van der Waals surface area contributed by atoms with Crippen LogP contribution in [0, 0.1) is 5.41 Å². The largest absolute Gasteiger partial charge is 0.508 e. The van der Waals surface area contributed by atoms with Gasteiger partial charge in [0.15, 0.2) is 0 Å². The number of phenolic OH excluding ortho intramolecular Hbond substituents is 1. The van der Waals surface area contributed by atoms with E-state index in [4.69, 9.17) is 0 Å². The topological polar surface area (TPSA) is 40.5 Å². The summed E-state index contributed by atoms with van der Waals surface area (Å²) in [5.74, 6) is -0.151. The standard InChI is InChI=1S/C37H32O2/c1-3-12-34(38)33(26-37(2)23-10-11-24-37)36(30-19-17-29(18-20-30)27-13-6-4-7-14-27)32-25-31(21-22-35(32)39)28-15-8-5-9-16-28/h3-26,36,38-39H,1H2,2H3/b33-26+,34-12+. The Bertz CT molecular complexity index is 1560. The van der Waals surface area contributed by atoms with E-state index in [1.807, 2.05) is 60.7 Å². The lowest BCUT2D eigenvalue weighted by molar-refractivity contribution is 0.413. The third kappa shape index (κ3) is 5.71. The van der Waals surface area contributed by atoms with Crippen molar-refractivity contribution in [3.63, 3.8) is 0 Å². The third-order valence-electron chi connectivity index (χ3n) is 7.17. The second-order valence-corrected chi connectivity index (χ2v) is 10.0. The van der Waals surface area contributed by atoms with Crippen LogP contribution in [0.1, 0.15) is 24.0 Å². The number of rotatable bonds is 8. The Morgan fingerprint density at radius 3 is 1.87 bits per heavy atom. The van der Waals surface area contributed by atoms with Gasteiger partial charge in [0.05, 0.1) is 0 Å². The summed E-state index contributed by atoms with van der Waals surface area (Å²) in [6, 6.07) is 34.4. The molecular weight excluding hydrogens is 476 g/mol. The normalized spacial score (nSPS) is 15.3. The molecule has 0 amide bonds. The maximum atomic E-state index is 11.4. The van der Waals surface area contributed by atoms with Crippen molar-refractivity contribution < 1.29 is 10.2 Å². The van der Waals surface area contributed by atoms with Crippen molar-refractivity contribution in [2.24, 2.45) is 5.41 Å². The average Bonchev–Trinajstić information content (AvgIpc) is 3.41. The molecule has 2 N–H and O–H groups in total. The average molecular weight is 509 g/mol. The van der Waals surface area contributed by atoms with Crippen LogP contribution in [-0.2, 0) is 0 Å². The first-order chi connectivity index (χ1) is 19.0. The molecule has 2 nitrogen and oxygen atoms in total. The van der Waals surface area contributed by atoms with Gasteiger partial charge >= 0.3 is 0 Å². The summed E-state index contributed by atoms with van der Waals surface area (Å²) in [4.78, 5) is 0. The van der Waals surface area contributed by atoms with Gasteiger partial charge in [0.1, 0.15) is 11.5 Å². The van der Waals surface area contributed by atoms with Gasteiger partial charge in [-0.25, -0.2) is 0 Å². The van der Waals surface area contributed by atoms with Crippen molar-refractivity contribution >= 4 is 0 Å². The third-order valence-corrected chi connectivity index (χ3v) is 7.17. The lowest BCUT2D eigenvalue weighted by Gasteiger charge is -2.26. The fourth-order valence-corrected chi connectivity index (χ4v) is 5.15. The molecule has 192 valence electrons. The van der Waals surface area contributed by atoms with Crippen molar-refractivity contribution in [3.05, 3.63) is 175 Å². The molecule has 4 aromatic rings. The monoisotopic (exact) mass is 508 g/mol. The van der Waals surface area contributed by atoms with Crippen molar-refractivity contribution in [3.8, 4) is 28.0 Å². The number of benzene rings is 4. The molecule has 0 radical (unpaired) electrons. The van der Waals surface area contributed by atoms with Gasteiger partial charge in [0, 0.05) is 22.5 Å². The minimum absolute atomic E-state index is 0.113. The number of aromatic hydroxyl groups is 1. The van der Waals surface area contributed by atoms with Gasteiger partial charge in [-0.3, -0.25) is 0 Å². The molecule has 39 heavy (non-hydrogen) atoms. The van der Waals surface area contributed by atoms with Crippen LogP contribution >= 0.6 is 0 Å². The van der Waals surface area contributed by atoms with Crippen molar-refractivity contribution in [2.45, 2.75) is 12.8 Å². The van der Waals surface area contributed by atoms with Crippen LogP contribution in [0.5, 0.6) is 5.75 Å². The number of phenols is 1. The predicted octanol–water partition coefficient (Wildman–Crippen LogP) is 9.54. The zero-order valence-corrected chi connectivity index (χ0v) is 22.0. The molecule has 0 heterocycles. The van der Waals surface area contributed by atoms with E-state index in [1.54, 1.807) is 18.2 Å². The second-order valence-electron chi connectivity index (χ2n) is 10.0. The molecule has 0 saturated heterocycles. The molecule has 0 spiro atoms. The summed E-state index contributed by atoms with van der Waals surface area (Å²) in [5, 5.41) is 22.6. The van der Waals surface area contributed by atoms with E-state index >= 15 is 0 Å². The first-order valence-electron chi connectivity index (χ1n) is 13.1. The van der Waals surface area contributed by atoms with Crippen LogP contribution in [0.25, 0.3) is 22.3 Å². The zero-order chi connectivity index (χ0) is 27.2. The van der Waals surface area contributed by atoms with Crippen molar-refractivity contribution in [1.82, 2.24) is 0 Å². The Balaban J connectivity index is 1.72. The molecule has 0 aliphatic heterocycles. The Morgan fingerprint density at radius 2 is 1.28 bits per heavy atom. The van der Waals surface area contributed by atoms with Crippen LogP contribution < -0.4 is 0 Å². The number of hydrogen-bond donors (Lipinski definition) is 2.